The quantitative estimate of drug-likeness (QED) is 0.850. The van der Waals surface area contributed by atoms with Crippen LogP contribution in [0.4, 0.5) is 0 Å². The maximum atomic E-state index is 11.6. The van der Waals surface area contributed by atoms with Crippen molar-refractivity contribution in [3.63, 3.8) is 0 Å². The van der Waals surface area contributed by atoms with Crippen LogP contribution in [0, 0.1) is 0 Å². The zero-order valence-electron chi connectivity index (χ0n) is 8.92. The van der Waals surface area contributed by atoms with Crippen LogP contribution in [0.5, 0.6) is 0 Å². The minimum atomic E-state index is -3.20. The number of hydrogen-bond acceptors (Lipinski definition) is 3. The molecule has 15 heavy (non-hydrogen) atoms. The topological polar surface area (TPSA) is 54.4 Å². The Kier molecular flexibility index (Phi) is 3.88. The van der Waals surface area contributed by atoms with Gasteiger partial charge in [0, 0.05) is 5.75 Å². The van der Waals surface area contributed by atoms with E-state index in [0.717, 1.165) is 0 Å². The molecule has 0 aliphatic carbocycles. The number of aliphatic hydroxyl groups is 1. The molecule has 84 valence electrons. The summed E-state index contributed by atoms with van der Waals surface area (Å²) in [5, 5.41) is 9.12. The van der Waals surface area contributed by atoms with Crippen molar-refractivity contribution in [1.82, 2.24) is 0 Å². The molecular weight excluding hydrogens is 212 g/mol. The van der Waals surface area contributed by atoms with Crippen molar-refractivity contribution in [1.29, 1.82) is 0 Å². The van der Waals surface area contributed by atoms with Crippen LogP contribution in [0.25, 0.3) is 0 Å². The van der Waals surface area contributed by atoms with Gasteiger partial charge in [-0.05, 0) is 12.5 Å². The van der Waals surface area contributed by atoms with Crippen molar-refractivity contribution in [3.05, 3.63) is 35.9 Å². The Balaban J connectivity index is 2.92. The molecule has 0 fully saturated rings. The second-order valence-corrected chi connectivity index (χ2v) is 6.16. The first-order chi connectivity index (χ1) is 6.99. The molecule has 0 saturated carbocycles. The van der Waals surface area contributed by atoms with Gasteiger partial charge in [-0.15, -0.1) is 0 Å². The molecule has 0 amide bonds. The summed E-state index contributed by atoms with van der Waals surface area (Å²) >= 11 is 0. The minimum Gasteiger partial charge on any atom is -0.387 e. The van der Waals surface area contributed by atoms with E-state index in [1.165, 1.54) is 6.92 Å². The number of benzene rings is 1. The highest BCUT2D eigenvalue weighted by molar-refractivity contribution is 7.92. The van der Waals surface area contributed by atoms with Gasteiger partial charge >= 0.3 is 0 Å². The molecular formula is C11H16O3S. The number of aliphatic hydroxyl groups excluding tert-OH is 1. The second-order valence-electron chi connectivity index (χ2n) is 3.51. The first-order valence-corrected chi connectivity index (χ1v) is 6.65. The Bertz CT molecular complexity index is 397. The highest BCUT2D eigenvalue weighted by Crippen LogP contribution is 2.21. The van der Waals surface area contributed by atoms with Crippen LogP contribution in [0.2, 0.25) is 0 Å². The third-order valence-corrected chi connectivity index (χ3v) is 4.75. The van der Waals surface area contributed by atoms with E-state index in [9.17, 15) is 13.5 Å². The van der Waals surface area contributed by atoms with Crippen LogP contribution in [0.15, 0.2) is 30.3 Å². The molecule has 0 saturated heterocycles. The number of rotatable bonds is 4. The summed E-state index contributed by atoms with van der Waals surface area (Å²) in [6.07, 6.45) is -0.948. The molecule has 2 atom stereocenters. The van der Waals surface area contributed by atoms with Crippen molar-refractivity contribution in [2.75, 3.05) is 5.75 Å². The van der Waals surface area contributed by atoms with Gasteiger partial charge in [-0.2, -0.15) is 0 Å². The van der Waals surface area contributed by atoms with Crippen molar-refractivity contribution in [2.45, 2.75) is 25.2 Å². The fourth-order valence-electron chi connectivity index (χ4n) is 1.38. The van der Waals surface area contributed by atoms with Crippen LogP contribution >= 0.6 is 0 Å². The summed E-state index contributed by atoms with van der Waals surface area (Å²) in [7, 11) is -3.20. The van der Waals surface area contributed by atoms with Gasteiger partial charge in [0.1, 0.15) is 0 Å². The fraction of sp³-hybridized carbons (Fsp3) is 0.455. The third kappa shape index (κ3) is 2.79. The maximum Gasteiger partial charge on any atom is 0.155 e. The molecule has 0 spiro atoms. The average Bonchev–Trinajstić information content (AvgIpc) is 2.28. The Labute approximate surface area is 90.7 Å². The summed E-state index contributed by atoms with van der Waals surface area (Å²) in [6.45, 7) is 3.13. The SMILES string of the molecule is CCS(=O)(=O)[C@H](C)[C@H](O)c1ccccc1. The lowest BCUT2D eigenvalue weighted by atomic mass is 10.1. The maximum absolute atomic E-state index is 11.6. The summed E-state index contributed by atoms with van der Waals surface area (Å²) in [5.41, 5.74) is 0.641. The number of sulfone groups is 1. The largest absolute Gasteiger partial charge is 0.387 e. The highest BCUT2D eigenvalue weighted by Gasteiger charge is 2.27. The van der Waals surface area contributed by atoms with Crippen molar-refractivity contribution < 1.29 is 13.5 Å². The summed E-state index contributed by atoms with van der Waals surface area (Å²) < 4.78 is 23.1. The molecule has 0 unspecified atom stereocenters. The fourth-order valence-corrected chi connectivity index (χ4v) is 2.46. The van der Waals surface area contributed by atoms with Gasteiger partial charge in [-0.1, -0.05) is 37.3 Å². The lowest BCUT2D eigenvalue weighted by Gasteiger charge is -2.18. The Morgan fingerprint density at radius 3 is 2.27 bits per heavy atom. The van der Waals surface area contributed by atoms with Crippen LogP contribution < -0.4 is 0 Å². The van der Waals surface area contributed by atoms with Crippen LogP contribution in [-0.2, 0) is 9.84 Å². The van der Waals surface area contributed by atoms with E-state index in [4.69, 9.17) is 0 Å². The van der Waals surface area contributed by atoms with Crippen LogP contribution in [0.3, 0.4) is 0 Å². The van der Waals surface area contributed by atoms with Gasteiger partial charge in [0.05, 0.1) is 11.4 Å². The minimum absolute atomic E-state index is 0.0536. The molecule has 0 heterocycles. The lowest BCUT2D eigenvalue weighted by Crippen LogP contribution is -2.26. The van der Waals surface area contributed by atoms with E-state index in [1.807, 2.05) is 6.07 Å². The summed E-state index contributed by atoms with van der Waals surface area (Å²) in [5.74, 6) is 0.0536. The van der Waals surface area contributed by atoms with E-state index in [1.54, 1.807) is 31.2 Å². The van der Waals surface area contributed by atoms with E-state index < -0.39 is 21.2 Å². The average molecular weight is 228 g/mol. The predicted octanol–water partition coefficient (Wildman–Crippen LogP) is 1.54. The zero-order chi connectivity index (χ0) is 11.5. The van der Waals surface area contributed by atoms with Gasteiger partial charge in [-0.3, -0.25) is 0 Å². The molecule has 1 aromatic carbocycles. The first-order valence-electron chi connectivity index (χ1n) is 4.93. The van der Waals surface area contributed by atoms with E-state index in [0.29, 0.717) is 5.56 Å². The van der Waals surface area contributed by atoms with E-state index in [2.05, 4.69) is 0 Å². The van der Waals surface area contributed by atoms with Gasteiger partial charge in [-0.25, -0.2) is 8.42 Å². The Hall–Kier alpha value is -0.870. The first kappa shape index (κ1) is 12.2. The lowest BCUT2D eigenvalue weighted by molar-refractivity contribution is 0.176. The number of hydrogen-bond donors (Lipinski definition) is 1. The van der Waals surface area contributed by atoms with Gasteiger partial charge in [0.25, 0.3) is 0 Å². The van der Waals surface area contributed by atoms with E-state index >= 15 is 0 Å². The van der Waals surface area contributed by atoms with Gasteiger partial charge < -0.3 is 5.11 Å². The summed E-state index contributed by atoms with van der Waals surface area (Å²) in [4.78, 5) is 0. The monoisotopic (exact) mass is 228 g/mol. The van der Waals surface area contributed by atoms with E-state index in [-0.39, 0.29) is 5.75 Å². The van der Waals surface area contributed by atoms with Crippen molar-refractivity contribution >= 4 is 9.84 Å². The molecule has 0 aliphatic rings. The van der Waals surface area contributed by atoms with Crippen LogP contribution in [0.1, 0.15) is 25.5 Å². The normalized spacial score (nSPS) is 15.9. The molecule has 0 aromatic heterocycles. The third-order valence-electron chi connectivity index (χ3n) is 2.55. The Morgan fingerprint density at radius 2 is 1.80 bits per heavy atom. The molecule has 1 rings (SSSR count). The molecule has 0 aliphatic heterocycles. The Morgan fingerprint density at radius 1 is 1.27 bits per heavy atom. The van der Waals surface area contributed by atoms with Gasteiger partial charge in [0.15, 0.2) is 9.84 Å². The molecule has 0 radical (unpaired) electrons. The molecule has 4 heteroatoms. The standard InChI is InChI=1S/C11H16O3S/c1-3-15(13,14)9(2)11(12)10-7-5-4-6-8-10/h4-9,11-12H,3H2,1-2H3/t9-,11+/m1/s1. The predicted molar refractivity (Wildman–Crippen MR) is 60.3 cm³/mol. The smallest absolute Gasteiger partial charge is 0.155 e. The molecule has 3 nitrogen and oxygen atoms in total. The van der Waals surface area contributed by atoms with Crippen molar-refractivity contribution in [3.8, 4) is 0 Å². The molecule has 0 bridgehead atoms. The summed E-state index contributed by atoms with van der Waals surface area (Å²) in [6, 6.07) is 8.85. The molecule has 1 aromatic rings. The van der Waals surface area contributed by atoms with Crippen molar-refractivity contribution in [2.24, 2.45) is 0 Å². The van der Waals surface area contributed by atoms with Gasteiger partial charge in [0.2, 0.25) is 0 Å². The molecule has 1 N–H and O–H groups in total. The highest BCUT2D eigenvalue weighted by atomic mass is 32.2. The zero-order valence-corrected chi connectivity index (χ0v) is 9.74. The second kappa shape index (κ2) is 4.77. The van der Waals surface area contributed by atoms with Crippen LogP contribution in [-0.4, -0.2) is 24.5 Å².